The molecule has 2 atom stereocenters. The fraction of sp³-hybridized carbons (Fsp3) is 0.667. The molecule has 0 saturated heterocycles. The zero-order chi connectivity index (χ0) is 12.9. The highest BCUT2D eigenvalue weighted by atomic mass is 31.1. The summed E-state index contributed by atoms with van der Waals surface area (Å²) < 4.78 is 20.3. The highest BCUT2D eigenvalue weighted by molar-refractivity contribution is 7.33. The third-order valence-corrected chi connectivity index (χ3v) is 2.95. The number of carbonyl (C=O) groups is 1. The third kappa shape index (κ3) is 9.95. The van der Waals surface area contributed by atoms with E-state index < -0.39 is 8.25 Å². The van der Waals surface area contributed by atoms with Crippen LogP contribution in [0.1, 0.15) is 45.4 Å². The first-order chi connectivity index (χ1) is 8.24. The zero-order valence-corrected chi connectivity index (χ0v) is 11.2. The summed E-state index contributed by atoms with van der Waals surface area (Å²) in [6, 6.07) is 0. The molecular weight excluding hydrogens is 239 g/mol. The van der Waals surface area contributed by atoms with Crippen LogP contribution in [0.3, 0.4) is 0 Å². The lowest BCUT2D eigenvalue weighted by Gasteiger charge is -2.04. The molecule has 0 aliphatic carbocycles. The molecule has 0 aromatic carbocycles. The van der Waals surface area contributed by atoms with Crippen molar-refractivity contribution >= 4 is 14.7 Å². The molecule has 0 amide bonds. The minimum absolute atomic E-state index is 0.120. The summed E-state index contributed by atoms with van der Waals surface area (Å²) in [5, 5.41) is 0. The molecular formula is C12H20O4P+. The van der Waals surface area contributed by atoms with E-state index in [0.29, 0.717) is 0 Å². The molecule has 0 rings (SSSR count). The Hall–Kier alpha value is -0.950. The molecule has 0 fully saturated rings. The Morgan fingerprint density at radius 1 is 1.35 bits per heavy atom. The molecule has 0 aliphatic heterocycles. The lowest BCUT2D eigenvalue weighted by atomic mass is 10.1. The average Bonchev–Trinajstić information content (AvgIpc) is 2.29. The Kier molecular flexibility index (Phi) is 10.9. The summed E-state index contributed by atoms with van der Waals surface area (Å²) in [7, 11) is -2.38. The summed E-state index contributed by atoms with van der Waals surface area (Å²) in [4.78, 5) is 9.96. The van der Waals surface area contributed by atoms with Crippen molar-refractivity contribution in [3.05, 3.63) is 18.4 Å². The maximum Gasteiger partial charge on any atom is 0.753 e. The van der Waals surface area contributed by atoms with E-state index in [4.69, 9.17) is 4.52 Å². The monoisotopic (exact) mass is 259 g/mol. The molecule has 0 N–H and O–H groups in total. The molecule has 96 valence electrons. The van der Waals surface area contributed by atoms with Gasteiger partial charge in [0.05, 0.1) is 0 Å². The first-order valence-corrected chi connectivity index (χ1v) is 6.94. The number of hydrogen-bond donors (Lipinski definition) is 0. The summed E-state index contributed by atoms with van der Waals surface area (Å²) in [5.41, 5.74) is 2.59. The van der Waals surface area contributed by atoms with Crippen molar-refractivity contribution in [2.24, 2.45) is 0 Å². The Balaban J connectivity index is 3.85. The van der Waals surface area contributed by atoms with E-state index in [1.54, 1.807) is 6.08 Å². The zero-order valence-electron chi connectivity index (χ0n) is 10.3. The smallest absolute Gasteiger partial charge is 0.250 e. The average molecular weight is 259 g/mol. The van der Waals surface area contributed by atoms with Gasteiger partial charge in [0.15, 0.2) is 0 Å². The Bertz CT molecular complexity index is 272. The molecule has 2 unspecified atom stereocenters. The van der Waals surface area contributed by atoms with E-state index >= 15 is 0 Å². The molecule has 0 radical (unpaired) electrons. The molecule has 0 aromatic rings. The number of unbranched alkanes of at least 4 members (excludes halogenated alkanes) is 4. The standard InChI is InChI=1S/C12H20O4P/c1-3-5-6-7-8-10-12(9-4-2)16-17(14)15-11-13/h9,11-12H,2-3,5-8,10H2,1H3/q+1. The lowest BCUT2D eigenvalue weighted by molar-refractivity contribution is -0.121. The van der Waals surface area contributed by atoms with E-state index in [2.05, 4.69) is 23.8 Å². The van der Waals surface area contributed by atoms with Crippen LogP contribution in [-0.4, -0.2) is 12.6 Å². The van der Waals surface area contributed by atoms with Gasteiger partial charge < -0.3 is 0 Å². The highest BCUT2D eigenvalue weighted by Gasteiger charge is 2.25. The van der Waals surface area contributed by atoms with E-state index in [1.807, 2.05) is 0 Å². The second-order valence-electron chi connectivity index (χ2n) is 3.64. The van der Waals surface area contributed by atoms with Crippen molar-refractivity contribution in [3.63, 3.8) is 0 Å². The fourth-order valence-electron chi connectivity index (χ4n) is 1.42. The fourth-order valence-corrected chi connectivity index (χ4v) is 1.92. The van der Waals surface area contributed by atoms with Crippen LogP contribution in [0.25, 0.3) is 0 Å². The molecule has 5 heteroatoms. The molecule has 0 heterocycles. The Labute approximate surface area is 104 Å². The van der Waals surface area contributed by atoms with Crippen LogP contribution in [-0.2, 0) is 18.4 Å². The van der Waals surface area contributed by atoms with Gasteiger partial charge in [-0.15, -0.1) is 10.3 Å². The molecule has 17 heavy (non-hydrogen) atoms. The van der Waals surface area contributed by atoms with Gasteiger partial charge in [0.2, 0.25) is 0 Å². The summed E-state index contributed by atoms with van der Waals surface area (Å²) >= 11 is 0. The van der Waals surface area contributed by atoms with Crippen molar-refractivity contribution < 1.29 is 18.4 Å². The molecule has 0 aliphatic rings. The minimum Gasteiger partial charge on any atom is -0.250 e. The van der Waals surface area contributed by atoms with Crippen molar-refractivity contribution in [2.75, 3.05) is 0 Å². The highest BCUT2D eigenvalue weighted by Crippen LogP contribution is 2.27. The van der Waals surface area contributed by atoms with Gasteiger partial charge in [-0.1, -0.05) is 45.6 Å². The van der Waals surface area contributed by atoms with Gasteiger partial charge in [-0.05, 0) is 12.5 Å². The van der Waals surface area contributed by atoms with Crippen molar-refractivity contribution in [1.82, 2.24) is 0 Å². The van der Waals surface area contributed by atoms with Gasteiger partial charge >= 0.3 is 14.7 Å². The number of carbonyl (C=O) groups excluding carboxylic acids is 1. The largest absolute Gasteiger partial charge is 0.753 e. The molecule has 4 nitrogen and oxygen atoms in total. The van der Waals surface area contributed by atoms with Crippen molar-refractivity contribution in [2.45, 2.75) is 51.6 Å². The van der Waals surface area contributed by atoms with Crippen molar-refractivity contribution in [3.8, 4) is 0 Å². The maximum absolute atomic E-state index is 11.1. The van der Waals surface area contributed by atoms with Crippen LogP contribution in [0.5, 0.6) is 0 Å². The number of rotatable bonds is 11. The molecule has 0 aromatic heterocycles. The summed E-state index contributed by atoms with van der Waals surface area (Å²) in [6.45, 7) is 5.73. The van der Waals surface area contributed by atoms with Gasteiger partial charge in [-0.25, -0.2) is 0 Å². The van der Waals surface area contributed by atoms with Gasteiger partial charge in [-0.3, -0.25) is 4.79 Å². The van der Waals surface area contributed by atoms with Crippen LogP contribution in [0, 0.1) is 0 Å². The lowest BCUT2D eigenvalue weighted by Crippen LogP contribution is -2.05. The second kappa shape index (κ2) is 11.5. The molecule has 0 saturated carbocycles. The maximum atomic E-state index is 11.1. The Morgan fingerprint density at radius 3 is 2.65 bits per heavy atom. The normalized spacial score (nSPS) is 12.4. The summed E-state index contributed by atoms with van der Waals surface area (Å²) in [5.74, 6) is 0. The van der Waals surface area contributed by atoms with E-state index in [0.717, 1.165) is 19.3 Å². The Morgan fingerprint density at radius 2 is 2.06 bits per heavy atom. The van der Waals surface area contributed by atoms with Gasteiger partial charge in [0.25, 0.3) is 0 Å². The second-order valence-corrected chi connectivity index (χ2v) is 4.51. The predicted octanol–water partition coefficient (Wildman–Crippen LogP) is 3.90. The predicted molar refractivity (Wildman–Crippen MR) is 66.7 cm³/mol. The minimum atomic E-state index is -2.38. The molecule has 0 spiro atoms. The van der Waals surface area contributed by atoms with E-state index in [-0.39, 0.29) is 12.6 Å². The summed E-state index contributed by atoms with van der Waals surface area (Å²) in [6.07, 6.45) is 7.69. The van der Waals surface area contributed by atoms with Gasteiger partial charge in [0, 0.05) is 4.57 Å². The van der Waals surface area contributed by atoms with Gasteiger partial charge in [-0.2, -0.15) is 4.52 Å². The van der Waals surface area contributed by atoms with Crippen LogP contribution in [0.4, 0.5) is 0 Å². The first kappa shape index (κ1) is 16.1. The third-order valence-electron chi connectivity index (χ3n) is 2.25. The van der Waals surface area contributed by atoms with Gasteiger partial charge in [0.1, 0.15) is 6.10 Å². The quantitative estimate of drug-likeness (QED) is 0.244. The number of hydrogen-bond acceptors (Lipinski definition) is 4. The van der Waals surface area contributed by atoms with E-state index in [9.17, 15) is 9.36 Å². The SMILES string of the molecule is C=C=CC(CCCCCCC)O[P+](=O)OC=O. The van der Waals surface area contributed by atoms with E-state index in [1.165, 1.54) is 19.3 Å². The van der Waals surface area contributed by atoms with Crippen LogP contribution in [0.2, 0.25) is 0 Å². The topological polar surface area (TPSA) is 52.6 Å². The van der Waals surface area contributed by atoms with Crippen LogP contribution >= 0.6 is 8.25 Å². The van der Waals surface area contributed by atoms with Crippen LogP contribution in [0.15, 0.2) is 18.4 Å². The molecule has 0 bridgehead atoms. The van der Waals surface area contributed by atoms with Crippen LogP contribution < -0.4 is 0 Å². The van der Waals surface area contributed by atoms with Crippen molar-refractivity contribution in [1.29, 1.82) is 0 Å². The first-order valence-electron chi connectivity index (χ1n) is 5.85.